The van der Waals surface area contributed by atoms with Gasteiger partial charge in [-0.3, -0.25) is 4.98 Å². The van der Waals surface area contributed by atoms with Gasteiger partial charge in [-0.05, 0) is 89.0 Å². The van der Waals surface area contributed by atoms with Gasteiger partial charge in [-0.25, -0.2) is 0 Å². The van der Waals surface area contributed by atoms with Crippen LogP contribution in [0.3, 0.4) is 0 Å². The van der Waals surface area contributed by atoms with Crippen molar-refractivity contribution in [2.45, 2.75) is 26.2 Å². The minimum atomic E-state index is -0.000746. The topological polar surface area (TPSA) is 57.0 Å². The highest BCUT2D eigenvalue weighted by molar-refractivity contribution is 5.97. The summed E-state index contributed by atoms with van der Waals surface area (Å²) in [5, 5.41) is 2.09. The van der Waals surface area contributed by atoms with E-state index in [4.69, 9.17) is 10.2 Å². The lowest BCUT2D eigenvalue weighted by molar-refractivity contribution is 0.601. The summed E-state index contributed by atoms with van der Waals surface area (Å²) in [4.78, 5) is 4.31. The maximum absolute atomic E-state index is 6.32. The van der Waals surface area contributed by atoms with Crippen LogP contribution in [-0.4, -0.2) is 9.55 Å². The van der Waals surface area contributed by atoms with Crippen LogP contribution in [-0.2, 0) is 5.41 Å². The number of aromatic nitrogens is 2. The van der Waals surface area contributed by atoms with Crippen molar-refractivity contribution in [2.75, 3.05) is 0 Å². The number of hydrogen-bond acceptors (Lipinski definition) is 3. The fraction of sp³-hybridized carbons (Fsp3) is 0.103. The molecule has 0 amide bonds. The summed E-state index contributed by atoms with van der Waals surface area (Å²) >= 11 is 0. The first-order valence-corrected chi connectivity index (χ1v) is 14.5. The van der Waals surface area contributed by atoms with Gasteiger partial charge in [-0.2, -0.15) is 0 Å². The third-order valence-corrected chi connectivity index (χ3v) is 8.91. The second-order valence-electron chi connectivity index (χ2n) is 11.6. The van der Waals surface area contributed by atoms with Crippen molar-refractivity contribution in [3.63, 3.8) is 0 Å². The Morgan fingerprint density at radius 3 is 2.51 bits per heavy atom. The minimum Gasteiger partial charge on any atom is -0.456 e. The van der Waals surface area contributed by atoms with Crippen LogP contribution in [0.1, 0.15) is 47.6 Å². The standard InChI is InChI=1S/C39H33N3O/c1-6-28-32-23-41-20-18-36(32)42(35(28)17-19-40)24(2)11-15-37-25(3)30-21-27(13-16-38(30)43-37)26-12-14-34-31(22-26)29-9-7-8-10-33(29)39(34,4)5/h6-23H,1-2,40H2,3-5H3/b15-11-,19-17-. The summed E-state index contributed by atoms with van der Waals surface area (Å²) in [5.74, 6) is 0.802. The molecule has 0 fully saturated rings. The van der Waals surface area contributed by atoms with Crippen LogP contribution in [0, 0.1) is 6.92 Å². The summed E-state index contributed by atoms with van der Waals surface area (Å²) in [6.45, 7) is 15.1. The van der Waals surface area contributed by atoms with Crippen LogP contribution in [0.15, 0.2) is 109 Å². The van der Waals surface area contributed by atoms with Crippen LogP contribution >= 0.6 is 0 Å². The van der Waals surface area contributed by atoms with Crippen LogP contribution in [0.2, 0.25) is 0 Å². The Hall–Kier alpha value is -5.35. The molecule has 0 aliphatic heterocycles. The number of hydrogen-bond donors (Lipinski definition) is 1. The molecule has 0 saturated heterocycles. The molecule has 3 aromatic heterocycles. The van der Waals surface area contributed by atoms with Gasteiger partial charge < -0.3 is 14.7 Å². The Balaban J connectivity index is 1.25. The minimum absolute atomic E-state index is 0.000746. The molecule has 0 atom stereocenters. The number of nitrogens with zero attached hydrogens (tertiary/aromatic N) is 2. The van der Waals surface area contributed by atoms with Crippen LogP contribution in [0.25, 0.3) is 68.1 Å². The third-order valence-electron chi connectivity index (χ3n) is 8.91. The number of aryl methyl sites for hydroxylation is 1. The normalized spacial score (nSPS) is 13.7. The van der Waals surface area contributed by atoms with Gasteiger partial charge in [0.15, 0.2) is 0 Å². The molecule has 0 unspecified atom stereocenters. The quantitative estimate of drug-likeness (QED) is 0.207. The molecule has 0 saturated carbocycles. The molecule has 3 heterocycles. The Morgan fingerprint density at radius 1 is 0.930 bits per heavy atom. The highest BCUT2D eigenvalue weighted by Gasteiger charge is 2.35. The predicted molar refractivity (Wildman–Crippen MR) is 181 cm³/mol. The molecule has 210 valence electrons. The van der Waals surface area contributed by atoms with E-state index in [0.29, 0.717) is 0 Å². The van der Waals surface area contributed by atoms with E-state index in [2.05, 4.69) is 104 Å². The first kappa shape index (κ1) is 26.5. The van der Waals surface area contributed by atoms with Crippen molar-refractivity contribution in [2.24, 2.45) is 5.73 Å². The highest BCUT2D eigenvalue weighted by Crippen LogP contribution is 2.49. The van der Waals surface area contributed by atoms with Gasteiger partial charge in [0.25, 0.3) is 0 Å². The van der Waals surface area contributed by atoms with E-state index >= 15 is 0 Å². The van der Waals surface area contributed by atoms with Gasteiger partial charge in [0.2, 0.25) is 0 Å². The summed E-state index contributed by atoms with van der Waals surface area (Å²) < 4.78 is 8.38. The van der Waals surface area contributed by atoms with Crippen molar-refractivity contribution in [1.29, 1.82) is 0 Å². The predicted octanol–water partition coefficient (Wildman–Crippen LogP) is 9.82. The van der Waals surface area contributed by atoms with Gasteiger partial charge >= 0.3 is 0 Å². The number of nitrogens with two attached hydrogens (primary N) is 1. The summed E-state index contributed by atoms with van der Waals surface area (Å²) in [7, 11) is 0. The number of rotatable bonds is 6. The third kappa shape index (κ3) is 4.02. The average Bonchev–Trinajstić information content (AvgIpc) is 3.60. The zero-order chi connectivity index (χ0) is 29.9. The van der Waals surface area contributed by atoms with Crippen molar-refractivity contribution in [3.8, 4) is 22.3 Å². The molecule has 1 aliphatic rings. The van der Waals surface area contributed by atoms with E-state index in [-0.39, 0.29) is 5.41 Å². The van der Waals surface area contributed by atoms with Gasteiger partial charge in [-0.15, -0.1) is 0 Å². The zero-order valence-electron chi connectivity index (χ0n) is 24.7. The second kappa shape index (κ2) is 9.88. The molecule has 0 radical (unpaired) electrons. The van der Waals surface area contributed by atoms with E-state index < -0.39 is 0 Å². The monoisotopic (exact) mass is 559 g/mol. The maximum atomic E-state index is 6.32. The summed E-state index contributed by atoms with van der Waals surface area (Å²) in [6.07, 6.45) is 12.8. The fourth-order valence-electron chi connectivity index (χ4n) is 6.68. The molecule has 2 N–H and O–H groups in total. The SMILES string of the molecule is C=Cc1c(/C=C\N)n(C(=C)/C=C\c2oc3ccc(-c4ccc5c(c4)-c4ccccc4C5(C)C)cc3c2C)c2ccncc12. The van der Waals surface area contributed by atoms with Crippen LogP contribution in [0.5, 0.6) is 0 Å². The van der Waals surface area contributed by atoms with Crippen LogP contribution < -0.4 is 5.73 Å². The summed E-state index contributed by atoms with van der Waals surface area (Å²) in [6, 6.07) is 24.1. The van der Waals surface area contributed by atoms with Crippen LogP contribution in [0.4, 0.5) is 0 Å². The van der Waals surface area contributed by atoms with Crippen molar-refractivity contribution >= 4 is 45.8 Å². The molecule has 3 aromatic carbocycles. The molecule has 4 heteroatoms. The Kier molecular flexibility index (Phi) is 6.10. The lowest BCUT2D eigenvalue weighted by Gasteiger charge is -2.21. The summed E-state index contributed by atoms with van der Waals surface area (Å²) in [5.41, 5.74) is 19.2. The lowest BCUT2D eigenvalue weighted by Crippen LogP contribution is -2.14. The Labute approximate surface area is 251 Å². The molecular weight excluding hydrogens is 526 g/mol. The van der Waals surface area contributed by atoms with E-state index in [1.54, 1.807) is 6.20 Å². The largest absolute Gasteiger partial charge is 0.456 e. The number of fused-ring (bicyclic) bond motifs is 5. The molecule has 6 aromatic rings. The number of pyridine rings is 1. The molecular formula is C39H33N3O. The van der Waals surface area contributed by atoms with E-state index in [1.165, 1.54) is 39.6 Å². The Bertz CT molecular complexity index is 2170. The number of allylic oxidation sites excluding steroid dienone is 2. The van der Waals surface area contributed by atoms with E-state index in [1.807, 2.05) is 36.6 Å². The first-order valence-electron chi connectivity index (χ1n) is 14.5. The molecule has 0 spiro atoms. The number of furan rings is 1. The number of benzene rings is 3. The zero-order valence-corrected chi connectivity index (χ0v) is 24.7. The maximum Gasteiger partial charge on any atom is 0.135 e. The van der Waals surface area contributed by atoms with Gasteiger partial charge in [0, 0.05) is 45.4 Å². The van der Waals surface area contributed by atoms with Gasteiger partial charge in [0.05, 0.1) is 11.2 Å². The molecule has 1 aliphatic carbocycles. The highest BCUT2D eigenvalue weighted by atomic mass is 16.3. The first-order chi connectivity index (χ1) is 20.8. The average molecular weight is 560 g/mol. The van der Waals surface area contributed by atoms with E-state index in [9.17, 15) is 0 Å². The van der Waals surface area contributed by atoms with Gasteiger partial charge in [0.1, 0.15) is 11.3 Å². The molecule has 43 heavy (non-hydrogen) atoms. The Morgan fingerprint density at radius 2 is 1.70 bits per heavy atom. The lowest BCUT2D eigenvalue weighted by atomic mass is 9.82. The molecule has 4 nitrogen and oxygen atoms in total. The van der Waals surface area contributed by atoms with Crippen molar-refractivity contribution < 1.29 is 4.42 Å². The molecule has 7 rings (SSSR count). The van der Waals surface area contributed by atoms with Crippen molar-refractivity contribution in [1.82, 2.24) is 9.55 Å². The van der Waals surface area contributed by atoms with Crippen molar-refractivity contribution in [3.05, 3.63) is 138 Å². The van der Waals surface area contributed by atoms with E-state index in [0.717, 1.165) is 50.2 Å². The van der Waals surface area contributed by atoms with Gasteiger partial charge in [-0.1, -0.05) is 75.5 Å². The fourth-order valence-corrected chi connectivity index (χ4v) is 6.68. The smallest absolute Gasteiger partial charge is 0.135 e. The molecule has 0 bridgehead atoms. The second-order valence-corrected chi connectivity index (χ2v) is 11.6.